The fraction of sp³-hybridized carbons (Fsp3) is 0.417. The van der Waals surface area contributed by atoms with E-state index >= 15 is 0 Å². The molecule has 0 saturated carbocycles. The molecule has 1 aromatic carbocycles. The maximum Gasteiger partial charge on any atom is 0.165 e. The molecule has 0 bridgehead atoms. The van der Waals surface area contributed by atoms with E-state index in [1.807, 2.05) is 11.9 Å². The maximum atomic E-state index is 11.2. The van der Waals surface area contributed by atoms with Crippen LogP contribution in [0.4, 0.5) is 5.69 Å². The van der Waals surface area contributed by atoms with Crippen molar-refractivity contribution < 1.29 is 4.79 Å². The van der Waals surface area contributed by atoms with Crippen molar-refractivity contribution in [1.29, 1.82) is 0 Å². The van der Waals surface area contributed by atoms with E-state index in [1.165, 1.54) is 11.1 Å². The molecule has 0 heterocycles. The van der Waals surface area contributed by atoms with Crippen LogP contribution in [0.5, 0.6) is 0 Å². The molecule has 3 heteroatoms. The number of hydrogen-bond acceptors (Lipinski definition) is 3. The van der Waals surface area contributed by atoms with Crippen molar-refractivity contribution in [2.24, 2.45) is 5.73 Å². The molecule has 0 aromatic heterocycles. The van der Waals surface area contributed by atoms with Gasteiger partial charge in [0.05, 0.1) is 13.1 Å². The zero-order valence-electron chi connectivity index (χ0n) is 9.58. The van der Waals surface area contributed by atoms with Gasteiger partial charge < -0.3 is 10.6 Å². The average Bonchev–Trinajstić information content (AvgIpc) is 2.16. The number of nitrogens with two attached hydrogens (primary N) is 1. The van der Waals surface area contributed by atoms with Crippen molar-refractivity contribution >= 4 is 11.5 Å². The summed E-state index contributed by atoms with van der Waals surface area (Å²) in [5, 5.41) is 0. The Balaban J connectivity index is 2.81. The number of carbonyl (C=O) groups is 1. The zero-order valence-corrected chi connectivity index (χ0v) is 9.58. The summed E-state index contributed by atoms with van der Waals surface area (Å²) in [6, 6.07) is 6.25. The molecule has 0 unspecified atom stereocenters. The topological polar surface area (TPSA) is 46.3 Å². The SMILES string of the molecule is Cc1cc(C)cc(N(C)CC(=O)CN)c1. The second-order valence-corrected chi connectivity index (χ2v) is 3.94. The number of hydrogen-bond donors (Lipinski definition) is 1. The van der Waals surface area contributed by atoms with Gasteiger partial charge in [0, 0.05) is 12.7 Å². The van der Waals surface area contributed by atoms with Crippen LogP contribution in [-0.2, 0) is 4.79 Å². The standard InChI is InChI=1S/C12H18N2O/c1-9-4-10(2)6-11(5-9)14(3)8-12(15)7-13/h4-6H,7-8,13H2,1-3H3. The highest BCUT2D eigenvalue weighted by molar-refractivity contribution is 5.85. The van der Waals surface area contributed by atoms with Crippen LogP contribution in [0.2, 0.25) is 0 Å². The van der Waals surface area contributed by atoms with Crippen LogP contribution < -0.4 is 10.6 Å². The van der Waals surface area contributed by atoms with Gasteiger partial charge in [0.1, 0.15) is 0 Å². The number of ketones is 1. The third-order valence-electron chi connectivity index (χ3n) is 2.29. The molecule has 0 aliphatic heterocycles. The number of nitrogens with zero attached hydrogens (tertiary/aromatic N) is 1. The van der Waals surface area contributed by atoms with E-state index in [0.29, 0.717) is 6.54 Å². The van der Waals surface area contributed by atoms with Gasteiger partial charge in [-0.3, -0.25) is 4.79 Å². The van der Waals surface area contributed by atoms with E-state index in [0.717, 1.165) is 5.69 Å². The van der Waals surface area contributed by atoms with Gasteiger partial charge in [-0.2, -0.15) is 0 Å². The lowest BCUT2D eigenvalue weighted by molar-refractivity contribution is -0.116. The van der Waals surface area contributed by atoms with Gasteiger partial charge in [-0.15, -0.1) is 0 Å². The number of anilines is 1. The van der Waals surface area contributed by atoms with E-state index < -0.39 is 0 Å². The van der Waals surface area contributed by atoms with E-state index in [4.69, 9.17) is 5.73 Å². The van der Waals surface area contributed by atoms with E-state index in [-0.39, 0.29) is 12.3 Å². The molecule has 0 amide bonds. The smallest absolute Gasteiger partial charge is 0.165 e. The van der Waals surface area contributed by atoms with E-state index in [1.54, 1.807) is 0 Å². The number of rotatable bonds is 4. The molecule has 0 radical (unpaired) electrons. The Morgan fingerprint density at radius 3 is 2.27 bits per heavy atom. The van der Waals surface area contributed by atoms with Crippen molar-refractivity contribution in [3.05, 3.63) is 29.3 Å². The predicted octanol–water partition coefficient (Wildman–Crippen LogP) is 1.27. The molecule has 0 aliphatic carbocycles. The highest BCUT2D eigenvalue weighted by Gasteiger charge is 2.06. The monoisotopic (exact) mass is 206 g/mol. The van der Waals surface area contributed by atoms with Crippen LogP contribution in [0.3, 0.4) is 0 Å². The largest absolute Gasteiger partial charge is 0.367 e. The van der Waals surface area contributed by atoms with Crippen molar-refractivity contribution in [3.8, 4) is 0 Å². The molecular formula is C12H18N2O. The van der Waals surface area contributed by atoms with Crippen LogP contribution >= 0.6 is 0 Å². The summed E-state index contributed by atoms with van der Waals surface area (Å²) in [6.45, 7) is 4.58. The summed E-state index contributed by atoms with van der Waals surface area (Å²) in [4.78, 5) is 13.1. The number of aryl methyl sites for hydroxylation is 2. The molecule has 0 saturated heterocycles. The Hall–Kier alpha value is -1.35. The van der Waals surface area contributed by atoms with Gasteiger partial charge in [-0.1, -0.05) is 6.07 Å². The Kier molecular flexibility index (Phi) is 3.86. The second kappa shape index (κ2) is 4.94. The van der Waals surface area contributed by atoms with Gasteiger partial charge in [0.25, 0.3) is 0 Å². The molecule has 3 nitrogen and oxygen atoms in total. The Morgan fingerprint density at radius 2 is 1.80 bits per heavy atom. The molecule has 0 aliphatic rings. The molecule has 2 N–H and O–H groups in total. The van der Waals surface area contributed by atoms with Crippen LogP contribution in [0, 0.1) is 13.8 Å². The first-order chi connectivity index (χ1) is 7.02. The summed E-state index contributed by atoms with van der Waals surface area (Å²) in [7, 11) is 1.90. The summed E-state index contributed by atoms with van der Waals surface area (Å²) in [5.74, 6) is 0.0525. The average molecular weight is 206 g/mol. The molecule has 0 spiro atoms. The zero-order chi connectivity index (χ0) is 11.4. The lowest BCUT2D eigenvalue weighted by Gasteiger charge is -2.19. The van der Waals surface area contributed by atoms with E-state index in [2.05, 4.69) is 32.0 Å². The number of carbonyl (C=O) groups excluding carboxylic acids is 1. The quantitative estimate of drug-likeness (QED) is 0.807. The van der Waals surface area contributed by atoms with Crippen LogP contribution in [0.15, 0.2) is 18.2 Å². The third-order valence-corrected chi connectivity index (χ3v) is 2.29. The van der Waals surface area contributed by atoms with Gasteiger partial charge in [-0.25, -0.2) is 0 Å². The molecule has 82 valence electrons. The van der Waals surface area contributed by atoms with Crippen LogP contribution in [-0.4, -0.2) is 25.9 Å². The first kappa shape index (κ1) is 11.7. The first-order valence-electron chi connectivity index (χ1n) is 5.04. The Morgan fingerprint density at radius 1 is 1.27 bits per heavy atom. The fourth-order valence-corrected chi connectivity index (χ4v) is 1.59. The molecule has 1 aromatic rings. The number of benzene rings is 1. The third kappa shape index (κ3) is 3.36. The molecule has 1 rings (SSSR count). The highest BCUT2D eigenvalue weighted by atomic mass is 16.1. The normalized spacial score (nSPS) is 10.1. The minimum absolute atomic E-state index is 0.0525. The van der Waals surface area contributed by atoms with Gasteiger partial charge in [-0.05, 0) is 37.1 Å². The molecule has 0 atom stereocenters. The minimum atomic E-state index is 0.0525. The second-order valence-electron chi connectivity index (χ2n) is 3.94. The van der Waals surface area contributed by atoms with Gasteiger partial charge in [0.2, 0.25) is 0 Å². The fourth-order valence-electron chi connectivity index (χ4n) is 1.59. The lowest BCUT2D eigenvalue weighted by Crippen LogP contribution is -2.30. The Labute approximate surface area is 90.9 Å². The maximum absolute atomic E-state index is 11.2. The summed E-state index contributed by atoms with van der Waals surface area (Å²) < 4.78 is 0. The van der Waals surface area contributed by atoms with Crippen molar-refractivity contribution in [2.45, 2.75) is 13.8 Å². The minimum Gasteiger partial charge on any atom is -0.367 e. The van der Waals surface area contributed by atoms with Crippen LogP contribution in [0.1, 0.15) is 11.1 Å². The molecule has 0 fully saturated rings. The van der Waals surface area contributed by atoms with Gasteiger partial charge >= 0.3 is 0 Å². The van der Waals surface area contributed by atoms with Gasteiger partial charge in [0.15, 0.2) is 5.78 Å². The highest BCUT2D eigenvalue weighted by Crippen LogP contribution is 2.17. The molecular weight excluding hydrogens is 188 g/mol. The van der Waals surface area contributed by atoms with Crippen molar-refractivity contribution in [3.63, 3.8) is 0 Å². The first-order valence-corrected chi connectivity index (χ1v) is 5.04. The number of likely N-dealkylation sites (N-methyl/N-ethyl adjacent to an activating group) is 1. The van der Waals surface area contributed by atoms with E-state index in [9.17, 15) is 4.79 Å². The number of Topliss-reactive ketones (excluding diaryl/α,β-unsaturated/α-hetero) is 1. The molecule has 15 heavy (non-hydrogen) atoms. The summed E-state index contributed by atoms with van der Waals surface area (Å²) in [6.07, 6.45) is 0. The van der Waals surface area contributed by atoms with Crippen molar-refractivity contribution in [2.75, 3.05) is 25.0 Å². The Bertz CT molecular complexity index is 340. The lowest BCUT2D eigenvalue weighted by atomic mass is 10.1. The summed E-state index contributed by atoms with van der Waals surface area (Å²) in [5.41, 5.74) is 8.76. The predicted molar refractivity (Wildman–Crippen MR) is 63.2 cm³/mol. The van der Waals surface area contributed by atoms with Crippen molar-refractivity contribution in [1.82, 2.24) is 0 Å². The van der Waals surface area contributed by atoms with Crippen LogP contribution in [0.25, 0.3) is 0 Å². The summed E-state index contributed by atoms with van der Waals surface area (Å²) >= 11 is 0.